The summed E-state index contributed by atoms with van der Waals surface area (Å²) in [6, 6.07) is 15.8. The van der Waals surface area contributed by atoms with Crippen LogP contribution < -0.4 is 15.4 Å². The molecule has 0 bridgehead atoms. The van der Waals surface area contributed by atoms with E-state index in [1.54, 1.807) is 6.07 Å². The van der Waals surface area contributed by atoms with Crippen molar-refractivity contribution < 1.29 is 4.74 Å². The number of anilines is 2. The summed E-state index contributed by atoms with van der Waals surface area (Å²) in [5.74, 6) is 0.714. The van der Waals surface area contributed by atoms with Gasteiger partial charge in [0.05, 0.1) is 11.6 Å². The van der Waals surface area contributed by atoms with Crippen LogP contribution in [0.15, 0.2) is 48.5 Å². The van der Waals surface area contributed by atoms with Gasteiger partial charge in [0.1, 0.15) is 11.9 Å². The third-order valence-corrected chi connectivity index (χ3v) is 4.04. The van der Waals surface area contributed by atoms with Gasteiger partial charge in [0, 0.05) is 17.9 Å². The highest BCUT2D eigenvalue weighted by Gasteiger charge is 2.22. The Hall–Kier alpha value is -1.87. The minimum Gasteiger partial charge on any atom is -0.487 e. The van der Waals surface area contributed by atoms with Gasteiger partial charge in [0.15, 0.2) is 0 Å². The monoisotopic (exact) mass is 302 g/mol. The van der Waals surface area contributed by atoms with Crippen LogP contribution in [-0.2, 0) is 0 Å². The molecule has 0 aromatic heterocycles. The van der Waals surface area contributed by atoms with Crippen LogP contribution in [-0.4, -0.2) is 19.2 Å². The van der Waals surface area contributed by atoms with Crippen molar-refractivity contribution in [3.05, 3.63) is 53.6 Å². The first-order valence-electron chi connectivity index (χ1n) is 7.24. The van der Waals surface area contributed by atoms with E-state index in [1.807, 2.05) is 18.2 Å². The highest BCUT2D eigenvalue weighted by Crippen LogP contribution is 2.29. The van der Waals surface area contributed by atoms with Crippen LogP contribution in [0.4, 0.5) is 11.4 Å². The molecule has 1 saturated heterocycles. The maximum Gasteiger partial charge on any atom is 0.138 e. The van der Waals surface area contributed by atoms with E-state index in [4.69, 9.17) is 22.1 Å². The number of ether oxygens (including phenoxy) is 1. The van der Waals surface area contributed by atoms with Crippen molar-refractivity contribution in [1.82, 2.24) is 0 Å². The SMILES string of the molecule is Nc1ccc(OC2CCCN(c3ccccc3)C2)c(Cl)c1. The molecule has 3 nitrogen and oxygen atoms in total. The van der Waals surface area contributed by atoms with E-state index in [1.165, 1.54) is 5.69 Å². The molecule has 3 rings (SSSR count). The average molecular weight is 303 g/mol. The zero-order valence-electron chi connectivity index (χ0n) is 11.8. The van der Waals surface area contributed by atoms with E-state index in [0.29, 0.717) is 16.5 Å². The topological polar surface area (TPSA) is 38.5 Å². The Morgan fingerprint density at radius 2 is 1.95 bits per heavy atom. The molecule has 1 aliphatic rings. The molecule has 0 amide bonds. The number of hydrogen-bond donors (Lipinski definition) is 1. The number of halogens is 1. The second-order valence-corrected chi connectivity index (χ2v) is 5.76. The summed E-state index contributed by atoms with van der Waals surface area (Å²) in [5.41, 5.74) is 7.61. The lowest BCUT2D eigenvalue weighted by molar-refractivity contribution is 0.179. The number of rotatable bonds is 3. The van der Waals surface area contributed by atoms with E-state index >= 15 is 0 Å². The summed E-state index contributed by atoms with van der Waals surface area (Å²) in [7, 11) is 0. The van der Waals surface area contributed by atoms with Crippen LogP contribution in [0.5, 0.6) is 5.75 Å². The third-order valence-electron chi connectivity index (χ3n) is 3.75. The fourth-order valence-electron chi connectivity index (χ4n) is 2.70. The molecule has 1 heterocycles. The molecule has 2 N–H and O–H groups in total. The second-order valence-electron chi connectivity index (χ2n) is 5.35. The average Bonchev–Trinajstić information content (AvgIpc) is 2.51. The van der Waals surface area contributed by atoms with Crippen LogP contribution in [0, 0.1) is 0 Å². The van der Waals surface area contributed by atoms with Crippen molar-refractivity contribution in [2.24, 2.45) is 0 Å². The zero-order chi connectivity index (χ0) is 14.7. The van der Waals surface area contributed by atoms with Gasteiger partial charge in [-0.25, -0.2) is 0 Å². The molecule has 0 saturated carbocycles. The normalized spacial score (nSPS) is 18.5. The van der Waals surface area contributed by atoms with Crippen LogP contribution >= 0.6 is 11.6 Å². The van der Waals surface area contributed by atoms with Crippen molar-refractivity contribution in [3.63, 3.8) is 0 Å². The maximum absolute atomic E-state index is 6.18. The minimum absolute atomic E-state index is 0.153. The van der Waals surface area contributed by atoms with Gasteiger partial charge in [-0.05, 0) is 43.2 Å². The summed E-state index contributed by atoms with van der Waals surface area (Å²) in [6.07, 6.45) is 2.32. The fourth-order valence-corrected chi connectivity index (χ4v) is 2.93. The summed E-state index contributed by atoms with van der Waals surface area (Å²) in [5, 5.41) is 0.576. The smallest absolute Gasteiger partial charge is 0.138 e. The number of nitrogen functional groups attached to an aromatic ring is 1. The molecule has 1 atom stereocenters. The van der Waals surface area contributed by atoms with Crippen molar-refractivity contribution in [2.45, 2.75) is 18.9 Å². The molecule has 0 spiro atoms. The largest absolute Gasteiger partial charge is 0.487 e. The first-order chi connectivity index (χ1) is 10.2. The first-order valence-corrected chi connectivity index (χ1v) is 7.62. The third kappa shape index (κ3) is 3.42. The Labute approximate surface area is 130 Å². The summed E-state index contributed by atoms with van der Waals surface area (Å²) < 4.78 is 6.06. The number of nitrogens with two attached hydrogens (primary N) is 1. The molecular formula is C17H19ClN2O. The van der Waals surface area contributed by atoms with Gasteiger partial charge in [-0.3, -0.25) is 0 Å². The van der Waals surface area contributed by atoms with Gasteiger partial charge in [-0.2, -0.15) is 0 Å². The minimum atomic E-state index is 0.153. The predicted molar refractivity (Wildman–Crippen MR) is 88.2 cm³/mol. The van der Waals surface area contributed by atoms with Gasteiger partial charge < -0.3 is 15.4 Å². The molecular weight excluding hydrogens is 284 g/mol. The van der Waals surface area contributed by atoms with Gasteiger partial charge in [-0.15, -0.1) is 0 Å². The molecule has 0 radical (unpaired) electrons. The number of hydrogen-bond acceptors (Lipinski definition) is 3. The molecule has 1 aliphatic heterocycles. The fraction of sp³-hybridized carbons (Fsp3) is 0.294. The Morgan fingerprint density at radius 3 is 2.71 bits per heavy atom. The van der Waals surface area contributed by atoms with Crippen LogP contribution in [0.3, 0.4) is 0 Å². The van der Waals surface area contributed by atoms with Crippen molar-refractivity contribution >= 4 is 23.0 Å². The predicted octanol–water partition coefficient (Wildman–Crippen LogP) is 3.97. The molecule has 4 heteroatoms. The lowest BCUT2D eigenvalue weighted by Crippen LogP contribution is -2.41. The summed E-state index contributed by atoms with van der Waals surface area (Å²) in [6.45, 7) is 1.95. The van der Waals surface area contributed by atoms with Crippen molar-refractivity contribution in [2.75, 3.05) is 23.7 Å². The molecule has 21 heavy (non-hydrogen) atoms. The van der Waals surface area contributed by atoms with E-state index in [0.717, 1.165) is 25.9 Å². The first kappa shape index (κ1) is 14.1. The highest BCUT2D eigenvalue weighted by atomic mass is 35.5. The number of piperidine rings is 1. The maximum atomic E-state index is 6.18. The summed E-state index contributed by atoms with van der Waals surface area (Å²) in [4.78, 5) is 2.36. The molecule has 1 unspecified atom stereocenters. The second kappa shape index (κ2) is 6.27. The molecule has 0 aliphatic carbocycles. The van der Waals surface area contributed by atoms with Crippen LogP contribution in [0.2, 0.25) is 5.02 Å². The number of nitrogens with zero attached hydrogens (tertiary/aromatic N) is 1. The van der Waals surface area contributed by atoms with E-state index in [-0.39, 0.29) is 6.10 Å². The lowest BCUT2D eigenvalue weighted by Gasteiger charge is -2.34. The lowest BCUT2D eigenvalue weighted by atomic mass is 10.1. The van der Waals surface area contributed by atoms with Gasteiger partial charge in [-0.1, -0.05) is 29.8 Å². The standard InChI is InChI=1S/C17H19ClN2O/c18-16-11-13(19)8-9-17(16)21-15-7-4-10-20(12-15)14-5-2-1-3-6-14/h1-3,5-6,8-9,11,15H,4,7,10,12,19H2. The van der Waals surface area contributed by atoms with Gasteiger partial charge in [0.2, 0.25) is 0 Å². The molecule has 2 aromatic rings. The van der Waals surface area contributed by atoms with E-state index in [9.17, 15) is 0 Å². The van der Waals surface area contributed by atoms with Crippen molar-refractivity contribution in [3.8, 4) is 5.75 Å². The summed E-state index contributed by atoms with van der Waals surface area (Å²) >= 11 is 6.18. The number of para-hydroxylation sites is 1. The number of benzene rings is 2. The van der Waals surface area contributed by atoms with Crippen LogP contribution in [0.1, 0.15) is 12.8 Å². The Morgan fingerprint density at radius 1 is 1.14 bits per heavy atom. The quantitative estimate of drug-likeness (QED) is 0.872. The zero-order valence-corrected chi connectivity index (χ0v) is 12.6. The molecule has 1 fully saturated rings. The Kier molecular flexibility index (Phi) is 4.20. The van der Waals surface area contributed by atoms with Crippen molar-refractivity contribution in [1.29, 1.82) is 0 Å². The molecule has 2 aromatic carbocycles. The van der Waals surface area contributed by atoms with Crippen LogP contribution in [0.25, 0.3) is 0 Å². The molecule has 110 valence electrons. The van der Waals surface area contributed by atoms with Gasteiger partial charge in [0.25, 0.3) is 0 Å². The Bertz CT molecular complexity index is 603. The van der Waals surface area contributed by atoms with E-state index in [2.05, 4.69) is 29.2 Å². The Balaban J connectivity index is 1.69. The van der Waals surface area contributed by atoms with E-state index < -0.39 is 0 Å². The highest BCUT2D eigenvalue weighted by molar-refractivity contribution is 6.32. The van der Waals surface area contributed by atoms with Gasteiger partial charge >= 0.3 is 0 Å².